The molecule has 1 amide bonds. The molecule has 0 bridgehead atoms. The number of aliphatic carboxylic acids is 1. The van der Waals surface area contributed by atoms with Crippen LogP contribution in [0.1, 0.15) is 25.8 Å². The second kappa shape index (κ2) is 7.65. The van der Waals surface area contributed by atoms with Gasteiger partial charge in [-0.05, 0) is 17.9 Å². The van der Waals surface area contributed by atoms with Gasteiger partial charge in [0.25, 0.3) is 0 Å². The smallest absolute Gasteiger partial charge is 0.326 e. The van der Waals surface area contributed by atoms with Crippen LogP contribution in [0, 0.1) is 5.92 Å². The fraction of sp³-hybridized carbons (Fsp3) is 0.467. The van der Waals surface area contributed by atoms with Gasteiger partial charge in [0.15, 0.2) is 0 Å². The first-order chi connectivity index (χ1) is 9.45. The maximum Gasteiger partial charge on any atom is 0.326 e. The summed E-state index contributed by atoms with van der Waals surface area (Å²) in [5, 5.41) is 11.7. The number of hydrogen-bond acceptors (Lipinski definition) is 3. The second-order valence-electron chi connectivity index (χ2n) is 5.01. The summed E-state index contributed by atoms with van der Waals surface area (Å²) in [7, 11) is 0. The molecule has 0 saturated heterocycles. The van der Waals surface area contributed by atoms with Gasteiger partial charge in [0.1, 0.15) is 6.04 Å². The molecule has 4 N–H and O–H groups in total. The number of nitrogens with two attached hydrogens (primary N) is 1. The van der Waals surface area contributed by atoms with E-state index in [0.717, 1.165) is 5.56 Å². The number of nitrogens with one attached hydrogen (secondary N) is 1. The van der Waals surface area contributed by atoms with Gasteiger partial charge >= 0.3 is 5.97 Å². The van der Waals surface area contributed by atoms with Gasteiger partial charge in [-0.15, -0.1) is 0 Å². The molecule has 0 fully saturated rings. The zero-order valence-electron chi connectivity index (χ0n) is 11.9. The molecule has 0 aliphatic heterocycles. The second-order valence-corrected chi connectivity index (χ2v) is 5.01. The molecule has 0 saturated carbocycles. The number of carboxylic acid groups (broad SMARTS) is 1. The van der Waals surface area contributed by atoms with Crippen LogP contribution in [-0.2, 0) is 16.0 Å². The van der Waals surface area contributed by atoms with E-state index in [1.54, 1.807) is 6.92 Å². The summed E-state index contributed by atoms with van der Waals surface area (Å²) < 4.78 is 0. The van der Waals surface area contributed by atoms with Gasteiger partial charge in [-0.1, -0.05) is 50.6 Å². The van der Waals surface area contributed by atoms with Gasteiger partial charge in [-0.3, -0.25) is 4.79 Å². The molecule has 20 heavy (non-hydrogen) atoms. The molecule has 0 aromatic heterocycles. The van der Waals surface area contributed by atoms with E-state index in [2.05, 4.69) is 5.32 Å². The molecule has 0 radical (unpaired) electrons. The third-order valence-electron chi connectivity index (χ3n) is 3.41. The minimum absolute atomic E-state index is 0.139. The van der Waals surface area contributed by atoms with Gasteiger partial charge in [-0.25, -0.2) is 4.79 Å². The molecule has 3 atom stereocenters. The van der Waals surface area contributed by atoms with Crippen LogP contribution >= 0.6 is 0 Å². The lowest BCUT2D eigenvalue weighted by Crippen LogP contribution is -2.51. The third kappa shape index (κ3) is 4.66. The van der Waals surface area contributed by atoms with E-state index in [0.29, 0.717) is 12.8 Å². The molecule has 3 unspecified atom stereocenters. The summed E-state index contributed by atoms with van der Waals surface area (Å²) in [6.07, 6.45) is 1.06. The van der Waals surface area contributed by atoms with E-state index in [9.17, 15) is 9.59 Å². The van der Waals surface area contributed by atoms with Gasteiger partial charge in [0.2, 0.25) is 5.91 Å². The molecule has 1 rings (SSSR count). The van der Waals surface area contributed by atoms with Crippen molar-refractivity contribution >= 4 is 11.9 Å². The third-order valence-corrected chi connectivity index (χ3v) is 3.41. The zero-order valence-corrected chi connectivity index (χ0v) is 11.9. The first-order valence-electron chi connectivity index (χ1n) is 6.78. The number of carboxylic acids is 1. The van der Waals surface area contributed by atoms with Crippen LogP contribution in [0.4, 0.5) is 0 Å². The summed E-state index contributed by atoms with van der Waals surface area (Å²) >= 11 is 0. The SMILES string of the molecule is CCC(C)C(NC(=O)C(N)Cc1ccccc1)C(=O)O. The maximum atomic E-state index is 12.0. The van der Waals surface area contributed by atoms with Crippen molar-refractivity contribution in [2.45, 2.75) is 38.8 Å². The van der Waals surface area contributed by atoms with E-state index in [1.807, 2.05) is 37.3 Å². The van der Waals surface area contributed by atoms with Gasteiger partial charge in [0.05, 0.1) is 6.04 Å². The highest BCUT2D eigenvalue weighted by molar-refractivity contribution is 5.87. The van der Waals surface area contributed by atoms with Crippen LogP contribution in [0.2, 0.25) is 0 Å². The van der Waals surface area contributed by atoms with Crippen molar-refractivity contribution in [3.05, 3.63) is 35.9 Å². The fourth-order valence-corrected chi connectivity index (χ4v) is 1.90. The summed E-state index contributed by atoms with van der Waals surface area (Å²) in [6.45, 7) is 3.68. The Labute approximate surface area is 119 Å². The Morgan fingerprint density at radius 2 is 1.90 bits per heavy atom. The lowest BCUT2D eigenvalue weighted by atomic mass is 9.98. The molecular weight excluding hydrogens is 256 g/mol. The molecule has 1 aromatic carbocycles. The quantitative estimate of drug-likeness (QED) is 0.698. The minimum atomic E-state index is -1.03. The first kappa shape index (κ1) is 16.2. The number of rotatable bonds is 7. The van der Waals surface area contributed by atoms with Gasteiger partial charge in [-0.2, -0.15) is 0 Å². The largest absolute Gasteiger partial charge is 0.480 e. The lowest BCUT2D eigenvalue weighted by Gasteiger charge is -2.22. The molecule has 0 heterocycles. The van der Waals surface area contributed by atoms with Crippen LogP contribution in [-0.4, -0.2) is 29.1 Å². The van der Waals surface area contributed by atoms with Crippen molar-refractivity contribution < 1.29 is 14.7 Å². The maximum absolute atomic E-state index is 12.0. The summed E-state index contributed by atoms with van der Waals surface area (Å²) in [5.41, 5.74) is 6.78. The minimum Gasteiger partial charge on any atom is -0.480 e. The van der Waals surface area contributed by atoms with Crippen LogP contribution < -0.4 is 11.1 Å². The average Bonchev–Trinajstić information content (AvgIpc) is 2.44. The highest BCUT2D eigenvalue weighted by Crippen LogP contribution is 2.09. The lowest BCUT2D eigenvalue weighted by molar-refractivity contribution is -0.143. The topological polar surface area (TPSA) is 92.4 Å². The number of carbonyl (C=O) groups excluding carboxylic acids is 1. The molecule has 0 spiro atoms. The Morgan fingerprint density at radius 3 is 2.40 bits per heavy atom. The predicted molar refractivity (Wildman–Crippen MR) is 77.1 cm³/mol. The fourth-order valence-electron chi connectivity index (χ4n) is 1.90. The molecule has 5 nitrogen and oxygen atoms in total. The van der Waals surface area contributed by atoms with E-state index < -0.39 is 24.0 Å². The first-order valence-corrected chi connectivity index (χ1v) is 6.78. The van der Waals surface area contributed by atoms with Crippen molar-refractivity contribution in [1.29, 1.82) is 0 Å². The van der Waals surface area contributed by atoms with Crippen LogP contribution in [0.3, 0.4) is 0 Å². The molecule has 0 aliphatic carbocycles. The number of amides is 1. The van der Waals surface area contributed by atoms with Crippen molar-refractivity contribution in [1.82, 2.24) is 5.32 Å². The average molecular weight is 278 g/mol. The number of hydrogen-bond donors (Lipinski definition) is 3. The van der Waals surface area contributed by atoms with Crippen LogP contribution in [0.15, 0.2) is 30.3 Å². The van der Waals surface area contributed by atoms with E-state index in [-0.39, 0.29) is 5.92 Å². The Balaban J connectivity index is 2.62. The molecule has 5 heteroatoms. The Bertz CT molecular complexity index is 448. The summed E-state index contributed by atoms with van der Waals surface area (Å²) in [5.74, 6) is -1.60. The Morgan fingerprint density at radius 1 is 1.30 bits per heavy atom. The molecule has 1 aromatic rings. The predicted octanol–water partition coefficient (Wildman–Crippen LogP) is 1.17. The molecular formula is C15H22N2O3. The molecule has 110 valence electrons. The van der Waals surface area contributed by atoms with E-state index in [1.165, 1.54) is 0 Å². The zero-order chi connectivity index (χ0) is 15.1. The highest BCUT2D eigenvalue weighted by atomic mass is 16.4. The normalized spacial score (nSPS) is 15.2. The summed E-state index contributed by atoms with van der Waals surface area (Å²) in [4.78, 5) is 23.1. The van der Waals surface area contributed by atoms with Crippen LogP contribution in [0.25, 0.3) is 0 Å². The van der Waals surface area contributed by atoms with Crippen molar-refractivity contribution in [3.63, 3.8) is 0 Å². The van der Waals surface area contributed by atoms with Crippen molar-refractivity contribution in [2.75, 3.05) is 0 Å². The van der Waals surface area contributed by atoms with Crippen LogP contribution in [0.5, 0.6) is 0 Å². The van der Waals surface area contributed by atoms with Crippen molar-refractivity contribution in [2.24, 2.45) is 11.7 Å². The van der Waals surface area contributed by atoms with Gasteiger partial charge < -0.3 is 16.2 Å². The van der Waals surface area contributed by atoms with Crippen molar-refractivity contribution in [3.8, 4) is 0 Å². The Kier molecular flexibility index (Phi) is 6.18. The monoisotopic (exact) mass is 278 g/mol. The number of benzene rings is 1. The Hall–Kier alpha value is -1.88. The number of carbonyl (C=O) groups is 2. The van der Waals surface area contributed by atoms with E-state index in [4.69, 9.17) is 10.8 Å². The standard InChI is InChI=1S/C15H22N2O3/c1-3-10(2)13(15(19)20)17-14(18)12(16)9-11-7-5-4-6-8-11/h4-8,10,12-13H,3,9,16H2,1-2H3,(H,17,18)(H,19,20). The van der Waals surface area contributed by atoms with Gasteiger partial charge in [0, 0.05) is 0 Å². The highest BCUT2D eigenvalue weighted by Gasteiger charge is 2.27. The molecule has 0 aliphatic rings. The summed E-state index contributed by atoms with van der Waals surface area (Å²) in [6, 6.07) is 7.77. The van der Waals surface area contributed by atoms with E-state index >= 15 is 0 Å².